The van der Waals surface area contributed by atoms with Crippen LogP contribution in [-0.4, -0.2) is 47.4 Å². The number of carbonyl (C=O) groups is 2. The fourth-order valence-electron chi connectivity index (χ4n) is 2.67. The van der Waals surface area contributed by atoms with Gasteiger partial charge in [-0.05, 0) is 19.1 Å². The fraction of sp³-hybridized carbons (Fsp3) is 0.357. The van der Waals surface area contributed by atoms with Gasteiger partial charge in [0.05, 0.1) is 5.69 Å². The van der Waals surface area contributed by atoms with Crippen LogP contribution in [0.1, 0.15) is 6.92 Å². The topological polar surface area (TPSA) is 65.5 Å². The average Bonchev–Trinajstić information content (AvgIpc) is 2.69. The lowest BCUT2D eigenvalue weighted by atomic mass is 10.2. The van der Waals surface area contributed by atoms with Gasteiger partial charge in [-0.1, -0.05) is 23.2 Å². The van der Waals surface area contributed by atoms with Gasteiger partial charge in [0, 0.05) is 31.9 Å². The number of piperazine rings is 1. The van der Waals surface area contributed by atoms with Crippen LogP contribution < -0.4 is 10.2 Å². The third-order valence-electron chi connectivity index (χ3n) is 3.66. The van der Waals surface area contributed by atoms with Crippen molar-refractivity contribution >= 4 is 40.7 Å². The number of rotatable bonds is 2. The van der Waals surface area contributed by atoms with Gasteiger partial charge in [0.2, 0.25) is 0 Å². The molecule has 22 heavy (non-hydrogen) atoms. The van der Waals surface area contributed by atoms with E-state index in [-0.39, 0.29) is 21.9 Å². The highest BCUT2D eigenvalue weighted by atomic mass is 35.5. The Bertz CT molecular complexity index is 677. The molecule has 0 spiro atoms. The number of hydrogen-bond acceptors (Lipinski definition) is 5. The molecule has 116 valence electrons. The van der Waals surface area contributed by atoms with E-state index >= 15 is 0 Å². The number of pyridine rings is 1. The van der Waals surface area contributed by atoms with Crippen molar-refractivity contribution in [2.45, 2.75) is 13.0 Å². The van der Waals surface area contributed by atoms with Crippen LogP contribution in [0.4, 0.5) is 5.69 Å². The number of amides is 2. The lowest BCUT2D eigenvalue weighted by Crippen LogP contribution is -2.50. The molecule has 1 fully saturated rings. The molecule has 0 aliphatic carbocycles. The summed E-state index contributed by atoms with van der Waals surface area (Å²) in [5, 5.41) is 3.44. The first kappa shape index (κ1) is 15.3. The second kappa shape index (κ2) is 5.87. The van der Waals surface area contributed by atoms with Crippen molar-refractivity contribution in [2.75, 3.05) is 24.5 Å². The lowest BCUT2D eigenvalue weighted by Gasteiger charge is -2.33. The predicted octanol–water partition coefficient (Wildman–Crippen LogP) is 1.35. The van der Waals surface area contributed by atoms with Crippen molar-refractivity contribution in [2.24, 2.45) is 0 Å². The summed E-state index contributed by atoms with van der Waals surface area (Å²) in [6, 6.07) is 3.23. The van der Waals surface area contributed by atoms with E-state index in [0.717, 1.165) is 11.4 Å². The second-order valence-electron chi connectivity index (χ2n) is 5.25. The molecule has 0 unspecified atom stereocenters. The number of carbonyl (C=O) groups excluding carboxylic acids is 2. The highest BCUT2D eigenvalue weighted by Gasteiger charge is 2.42. The molecule has 0 bridgehead atoms. The van der Waals surface area contributed by atoms with E-state index in [0.29, 0.717) is 18.8 Å². The standard InChI is InChI=1S/C14H14Cl2N4O2/c1-8-7-19(5-4-17-8)12-11(16)13(21)20(14(12)22)9-2-3-18-10(15)6-9/h2-3,6,8,17H,4-5,7H2,1H3/t8-/m1/s1. The first-order chi connectivity index (χ1) is 10.5. The van der Waals surface area contributed by atoms with Gasteiger partial charge in [-0.25, -0.2) is 9.88 Å². The molecule has 0 radical (unpaired) electrons. The Morgan fingerprint density at radius 2 is 2.09 bits per heavy atom. The van der Waals surface area contributed by atoms with Crippen molar-refractivity contribution < 1.29 is 9.59 Å². The third kappa shape index (κ3) is 2.58. The molecule has 6 nitrogen and oxygen atoms in total. The molecule has 8 heteroatoms. The maximum Gasteiger partial charge on any atom is 0.283 e. The van der Waals surface area contributed by atoms with Crippen molar-refractivity contribution in [1.82, 2.24) is 15.2 Å². The summed E-state index contributed by atoms with van der Waals surface area (Å²) >= 11 is 12.0. The molecule has 1 N–H and O–H groups in total. The molecule has 1 atom stereocenters. The van der Waals surface area contributed by atoms with Crippen LogP contribution in [0, 0.1) is 0 Å². The fourth-order valence-corrected chi connectivity index (χ4v) is 3.12. The van der Waals surface area contributed by atoms with Crippen LogP contribution in [0.2, 0.25) is 5.15 Å². The van der Waals surface area contributed by atoms with Crippen molar-refractivity contribution in [1.29, 1.82) is 0 Å². The molecule has 2 aliphatic rings. The Kier molecular flexibility index (Phi) is 4.08. The van der Waals surface area contributed by atoms with Gasteiger partial charge in [0.1, 0.15) is 15.9 Å². The Labute approximate surface area is 137 Å². The number of imide groups is 1. The monoisotopic (exact) mass is 340 g/mol. The zero-order chi connectivity index (χ0) is 15.9. The van der Waals surface area contributed by atoms with E-state index in [4.69, 9.17) is 23.2 Å². The van der Waals surface area contributed by atoms with E-state index in [9.17, 15) is 9.59 Å². The highest BCUT2D eigenvalue weighted by Crippen LogP contribution is 2.32. The summed E-state index contributed by atoms with van der Waals surface area (Å²) in [4.78, 5) is 31.8. The first-order valence-electron chi connectivity index (χ1n) is 6.87. The summed E-state index contributed by atoms with van der Waals surface area (Å²) < 4.78 is 0. The minimum absolute atomic E-state index is 0.0490. The number of aromatic nitrogens is 1. The first-order valence-corrected chi connectivity index (χ1v) is 7.63. The van der Waals surface area contributed by atoms with Crippen LogP contribution in [0.15, 0.2) is 29.1 Å². The summed E-state index contributed by atoms with van der Waals surface area (Å²) in [5.74, 6) is -0.957. The quantitative estimate of drug-likeness (QED) is 0.650. The van der Waals surface area contributed by atoms with E-state index in [1.54, 1.807) is 6.07 Å². The molecule has 3 rings (SSSR count). The van der Waals surface area contributed by atoms with Gasteiger partial charge in [-0.15, -0.1) is 0 Å². The molecule has 1 saturated heterocycles. The molecule has 2 aliphatic heterocycles. The van der Waals surface area contributed by atoms with Crippen LogP contribution in [-0.2, 0) is 9.59 Å². The minimum atomic E-state index is -0.532. The van der Waals surface area contributed by atoms with Crippen LogP contribution in [0.5, 0.6) is 0 Å². The molecule has 0 saturated carbocycles. The SMILES string of the molecule is C[C@@H]1CN(C2=C(Cl)C(=O)N(c3ccnc(Cl)c3)C2=O)CCN1. The lowest BCUT2D eigenvalue weighted by molar-refractivity contribution is -0.121. The summed E-state index contributed by atoms with van der Waals surface area (Å²) in [6.07, 6.45) is 1.44. The number of hydrogen-bond donors (Lipinski definition) is 1. The van der Waals surface area contributed by atoms with Gasteiger partial charge in [-0.3, -0.25) is 9.59 Å². The van der Waals surface area contributed by atoms with Gasteiger partial charge < -0.3 is 10.2 Å². The smallest absolute Gasteiger partial charge is 0.283 e. The summed E-state index contributed by atoms with van der Waals surface area (Å²) in [6.45, 7) is 4.00. The van der Waals surface area contributed by atoms with Crippen molar-refractivity contribution in [3.05, 3.63) is 34.2 Å². The normalized spacial score (nSPS) is 22.8. The number of anilines is 1. The third-order valence-corrected chi connectivity index (χ3v) is 4.21. The second-order valence-corrected chi connectivity index (χ2v) is 6.01. The van der Waals surface area contributed by atoms with Gasteiger partial charge >= 0.3 is 0 Å². The molecule has 1 aromatic rings. The van der Waals surface area contributed by atoms with Crippen molar-refractivity contribution in [3.63, 3.8) is 0 Å². The number of halogens is 2. The zero-order valence-electron chi connectivity index (χ0n) is 11.8. The van der Waals surface area contributed by atoms with Crippen LogP contribution in [0.25, 0.3) is 0 Å². The maximum atomic E-state index is 12.7. The molecular formula is C14H14Cl2N4O2. The molecule has 3 heterocycles. The Balaban J connectivity index is 1.93. The molecule has 0 aromatic carbocycles. The number of nitrogens with one attached hydrogen (secondary N) is 1. The van der Waals surface area contributed by atoms with E-state index in [1.807, 2.05) is 11.8 Å². The molecule has 2 amide bonds. The molecule has 1 aromatic heterocycles. The van der Waals surface area contributed by atoms with Crippen LogP contribution >= 0.6 is 23.2 Å². The highest BCUT2D eigenvalue weighted by molar-refractivity contribution is 6.52. The van der Waals surface area contributed by atoms with Crippen molar-refractivity contribution in [3.8, 4) is 0 Å². The van der Waals surface area contributed by atoms with Crippen LogP contribution in [0.3, 0.4) is 0 Å². The minimum Gasteiger partial charge on any atom is -0.363 e. The Morgan fingerprint density at radius 3 is 2.77 bits per heavy atom. The van der Waals surface area contributed by atoms with Gasteiger partial charge in [0.25, 0.3) is 11.8 Å². The largest absolute Gasteiger partial charge is 0.363 e. The van der Waals surface area contributed by atoms with Gasteiger partial charge in [-0.2, -0.15) is 0 Å². The maximum absolute atomic E-state index is 12.7. The summed E-state index contributed by atoms with van der Waals surface area (Å²) in [5.41, 5.74) is 0.624. The Morgan fingerprint density at radius 1 is 1.32 bits per heavy atom. The van der Waals surface area contributed by atoms with E-state index in [2.05, 4.69) is 10.3 Å². The number of nitrogens with zero attached hydrogens (tertiary/aromatic N) is 3. The average molecular weight is 341 g/mol. The Hall–Kier alpha value is -1.63. The summed E-state index contributed by atoms with van der Waals surface area (Å²) in [7, 11) is 0. The van der Waals surface area contributed by atoms with E-state index < -0.39 is 11.8 Å². The predicted molar refractivity (Wildman–Crippen MR) is 83.7 cm³/mol. The van der Waals surface area contributed by atoms with Gasteiger partial charge in [0.15, 0.2) is 0 Å². The molecular weight excluding hydrogens is 327 g/mol. The zero-order valence-corrected chi connectivity index (χ0v) is 13.4. The van der Waals surface area contributed by atoms with E-state index in [1.165, 1.54) is 12.3 Å².